The van der Waals surface area contributed by atoms with E-state index in [9.17, 15) is 9.90 Å². The Hall–Kier alpha value is -1.09. The van der Waals surface area contributed by atoms with Crippen molar-refractivity contribution in [2.75, 3.05) is 0 Å². The van der Waals surface area contributed by atoms with E-state index in [1.165, 1.54) is 0 Å². The summed E-state index contributed by atoms with van der Waals surface area (Å²) >= 11 is 0. The largest absolute Gasteiger partial charge is 0.386 e. The van der Waals surface area contributed by atoms with Crippen LogP contribution in [0.2, 0.25) is 0 Å². The van der Waals surface area contributed by atoms with Gasteiger partial charge in [-0.05, 0) is 17.8 Å². The zero-order chi connectivity index (χ0) is 18.8. The van der Waals surface area contributed by atoms with Crippen molar-refractivity contribution in [2.45, 2.75) is 86.0 Å². The van der Waals surface area contributed by atoms with Gasteiger partial charge in [0.2, 0.25) is 0 Å². The van der Waals surface area contributed by atoms with Crippen LogP contribution in [0, 0.1) is 28.8 Å². The van der Waals surface area contributed by atoms with Crippen molar-refractivity contribution < 1.29 is 24.4 Å². The minimum atomic E-state index is -2.18. The van der Waals surface area contributed by atoms with Crippen molar-refractivity contribution in [3.05, 3.63) is 0 Å². The zero-order valence-electron chi connectivity index (χ0n) is 16.3. The maximum atomic E-state index is 12.5. The number of esters is 1. The third-order valence-electron chi connectivity index (χ3n) is 4.97. The van der Waals surface area contributed by atoms with Crippen molar-refractivity contribution in [2.24, 2.45) is 16.7 Å². The number of unbranched alkanes of at least 4 members (excludes halogenated alkanes) is 2. The lowest BCUT2D eigenvalue weighted by Crippen LogP contribution is -2.79. The first-order valence-electron chi connectivity index (χ1n) is 8.63. The standard InChI is InChI=1S/C19H32O5/c1-9-10-11-12-13-22-15(20)19(21)18(23-24-19,17(6,7)8)14(2)16(3,4)5/h14,21H,9-11H2,1-8H3. The fraction of sp³-hybridized carbons (Fsp3) is 0.842. The molecule has 1 N–H and O–H groups in total. The summed E-state index contributed by atoms with van der Waals surface area (Å²) in [5, 5.41) is 11.0. The highest BCUT2D eigenvalue weighted by Crippen LogP contribution is 2.58. The van der Waals surface area contributed by atoms with E-state index in [1.54, 1.807) is 0 Å². The monoisotopic (exact) mass is 340 g/mol. The first-order valence-corrected chi connectivity index (χ1v) is 8.63. The molecular formula is C19H32O5. The van der Waals surface area contributed by atoms with Crippen LogP contribution in [-0.2, 0) is 19.3 Å². The lowest BCUT2D eigenvalue weighted by Gasteiger charge is -2.61. The van der Waals surface area contributed by atoms with Crippen LogP contribution >= 0.6 is 0 Å². The number of hydrogen-bond donors (Lipinski definition) is 1. The lowest BCUT2D eigenvalue weighted by molar-refractivity contribution is -0.617. The minimum Gasteiger partial charge on any atom is -0.368 e. The average molecular weight is 340 g/mol. The molecule has 0 radical (unpaired) electrons. The van der Waals surface area contributed by atoms with Gasteiger partial charge in [0.25, 0.3) is 0 Å². The summed E-state index contributed by atoms with van der Waals surface area (Å²) in [4.78, 5) is 22.9. The number of carbonyl (C=O) groups is 1. The fourth-order valence-electron chi connectivity index (χ4n) is 3.12. The number of ether oxygens (including phenoxy) is 1. The molecule has 1 rings (SSSR count). The Bertz CT molecular complexity index is 517. The number of aliphatic hydroxyl groups is 1. The van der Waals surface area contributed by atoms with Crippen LogP contribution in [-0.4, -0.2) is 22.5 Å². The maximum absolute atomic E-state index is 12.5. The second-order valence-corrected chi connectivity index (χ2v) is 8.66. The molecule has 5 heteroatoms. The van der Waals surface area contributed by atoms with Gasteiger partial charge in [0.05, 0.1) is 0 Å². The van der Waals surface area contributed by atoms with Gasteiger partial charge in [0.15, 0.2) is 5.60 Å². The highest BCUT2D eigenvalue weighted by molar-refractivity contribution is 5.81. The van der Waals surface area contributed by atoms with E-state index in [-0.39, 0.29) is 11.3 Å². The zero-order valence-corrected chi connectivity index (χ0v) is 16.3. The summed E-state index contributed by atoms with van der Waals surface area (Å²) in [5.41, 5.74) is -2.03. The highest BCUT2D eigenvalue weighted by Gasteiger charge is 2.77. The first-order chi connectivity index (χ1) is 10.8. The van der Waals surface area contributed by atoms with Crippen LogP contribution in [0.3, 0.4) is 0 Å². The molecule has 138 valence electrons. The summed E-state index contributed by atoms with van der Waals surface area (Å²) in [6.45, 7) is 15.8. The molecule has 1 heterocycles. The molecule has 1 aliphatic rings. The molecule has 0 aliphatic carbocycles. The van der Waals surface area contributed by atoms with Crippen molar-refractivity contribution in [1.82, 2.24) is 0 Å². The molecule has 1 fully saturated rings. The van der Waals surface area contributed by atoms with Crippen LogP contribution < -0.4 is 0 Å². The van der Waals surface area contributed by atoms with Gasteiger partial charge >= 0.3 is 11.8 Å². The Morgan fingerprint density at radius 3 is 2.17 bits per heavy atom. The summed E-state index contributed by atoms with van der Waals surface area (Å²) in [6, 6.07) is 0. The molecule has 3 atom stereocenters. The van der Waals surface area contributed by atoms with Gasteiger partial charge in [-0.3, -0.25) is 0 Å². The maximum Gasteiger partial charge on any atom is 0.386 e. The van der Waals surface area contributed by atoms with Crippen molar-refractivity contribution >= 4 is 5.97 Å². The van der Waals surface area contributed by atoms with Gasteiger partial charge in [0, 0.05) is 11.8 Å². The van der Waals surface area contributed by atoms with Crippen LogP contribution in [0.4, 0.5) is 0 Å². The molecule has 0 aromatic heterocycles. The van der Waals surface area contributed by atoms with Gasteiger partial charge in [-0.1, -0.05) is 67.7 Å². The summed E-state index contributed by atoms with van der Waals surface area (Å²) in [5.74, 6) is -0.538. The molecule has 0 amide bonds. The molecule has 1 aliphatic heterocycles. The van der Waals surface area contributed by atoms with Crippen molar-refractivity contribution in [3.63, 3.8) is 0 Å². The van der Waals surface area contributed by atoms with Crippen molar-refractivity contribution in [1.29, 1.82) is 0 Å². The van der Waals surface area contributed by atoms with E-state index in [1.807, 2.05) is 48.5 Å². The predicted molar refractivity (Wildman–Crippen MR) is 91.3 cm³/mol. The Morgan fingerprint density at radius 2 is 1.79 bits per heavy atom. The molecule has 0 aromatic rings. The quantitative estimate of drug-likeness (QED) is 0.365. The molecular weight excluding hydrogens is 308 g/mol. The molecule has 0 aromatic carbocycles. The third-order valence-corrected chi connectivity index (χ3v) is 4.97. The molecule has 5 nitrogen and oxygen atoms in total. The van der Waals surface area contributed by atoms with Crippen molar-refractivity contribution in [3.8, 4) is 12.0 Å². The minimum absolute atomic E-state index is 0.190. The number of carbonyl (C=O) groups excluding carboxylic acids is 1. The first kappa shape index (κ1) is 21.0. The summed E-state index contributed by atoms with van der Waals surface area (Å²) < 4.78 is 4.95. The Morgan fingerprint density at radius 1 is 1.21 bits per heavy atom. The van der Waals surface area contributed by atoms with E-state index >= 15 is 0 Å². The molecule has 3 unspecified atom stereocenters. The molecule has 1 saturated heterocycles. The molecule has 24 heavy (non-hydrogen) atoms. The smallest absolute Gasteiger partial charge is 0.368 e. The van der Waals surface area contributed by atoms with Gasteiger partial charge < -0.3 is 9.84 Å². The third kappa shape index (κ3) is 3.46. The van der Waals surface area contributed by atoms with Crippen LogP contribution in [0.5, 0.6) is 0 Å². The highest BCUT2D eigenvalue weighted by atomic mass is 17.3. The summed E-state index contributed by atoms with van der Waals surface area (Å²) in [7, 11) is 0. The molecule has 0 spiro atoms. The van der Waals surface area contributed by atoms with E-state index in [2.05, 4.69) is 19.0 Å². The van der Waals surface area contributed by atoms with E-state index in [0.29, 0.717) is 6.42 Å². The average Bonchev–Trinajstić information content (AvgIpc) is 2.42. The Balaban J connectivity index is 3.10. The van der Waals surface area contributed by atoms with Gasteiger partial charge in [-0.2, -0.15) is 4.89 Å². The lowest BCUT2D eigenvalue weighted by atomic mass is 9.57. The van der Waals surface area contributed by atoms with Crippen LogP contribution in [0.1, 0.15) is 74.7 Å². The van der Waals surface area contributed by atoms with Gasteiger partial charge in [-0.15, -0.1) is 0 Å². The fourth-order valence-corrected chi connectivity index (χ4v) is 3.12. The molecule has 0 saturated carbocycles. The second-order valence-electron chi connectivity index (χ2n) is 8.66. The van der Waals surface area contributed by atoms with Crippen LogP contribution in [0.15, 0.2) is 0 Å². The Kier molecular flexibility index (Phi) is 6.14. The second kappa shape index (κ2) is 7.03. The van der Waals surface area contributed by atoms with Crippen LogP contribution in [0.25, 0.3) is 0 Å². The predicted octanol–water partition coefficient (Wildman–Crippen LogP) is 3.80. The summed E-state index contributed by atoms with van der Waals surface area (Å²) in [6.07, 6.45) is 4.95. The topological polar surface area (TPSA) is 65.0 Å². The number of hydrogen-bond acceptors (Lipinski definition) is 5. The normalized spacial score (nSPS) is 28.4. The molecule has 0 bridgehead atoms. The Labute approximate surface area is 146 Å². The van der Waals surface area contributed by atoms with Gasteiger partial charge in [-0.25, -0.2) is 9.68 Å². The van der Waals surface area contributed by atoms with Gasteiger partial charge in [0.1, 0.15) is 6.11 Å². The van der Waals surface area contributed by atoms with E-state index in [4.69, 9.17) is 14.5 Å². The SMILES string of the molecule is CCCCC#COC(=O)C1(O)OOC1(C(C)C(C)(C)C)C(C)(C)C. The number of rotatable bonds is 4. The van der Waals surface area contributed by atoms with E-state index in [0.717, 1.165) is 12.8 Å². The van der Waals surface area contributed by atoms with E-state index < -0.39 is 22.8 Å².